The zero-order valence-corrected chi connectivity index (χ0v) is 28.5. The number of carboxylic acid groups (broad SMARTS) is 1. The Kier molecular flexibility index (Phi) is 7.82. The molecule has 0 aromatic carbocycles. The van der Waals surface area contributed by atoms with Crippen LogP contribution in [0, 0.1) is 62.1 Å². The standard InChI is InChI=1S/C37H59NO5/c1-22(2)23-13-18-37(30(40)38-10)20-19-35(8)24(29(23)37)11-12-26-34(7)16-15-27(43-28(39)21-32(3,4)31(41)42)33(5,6)25(34)14-17-36(26,35)9/h23-27,29H,1,11-21H2,2-10H3,(H,38,40)(H,41,42)/t23-,24?,25?,26?,27-,29?,34-,35+,36+,37-/m0/s1. The molecule has 6 heteroatoms. The average molecular weight is 598 g/mol. The van der Waals surface area contributed by atoms with E-state index in [4.69, 9.17) is 4.74 Å². The van der Waals surface area contributed by atoms with Crippen molar-refractivity contribution in [2.75, 3.05) is 7.05 Å². The zero-order chi connectivity index (χ0) is 32.0. The Morgan fingerprint density at radius 2 is 1.56 bits per heavy atom. The molecule has 242 valence electrons. The number of fused-ring (bicyclic) bond motifs is 7. The molecule has 4 unspecified atom stereocenters. The molecule has 0 spiro atoms. The van der Waals surface area contributed by atoms with Crippen LogP contribution in [0.2, 0.25) is 0 Å². The van der Waals surface area contributed by atoms with Crippen molar-refractivity contribution < 1.29 is 24.2 Å². The van der Waals surface area contributed by atoms with Crippen LogP contribution in [0.15, 0.2) is 12.2 Å². The molecule has 10 atom stereocenters. The fourth-order valence-electron chi connectivity index (χ4n) is 12.6. The minimum atomic E-state index is -1.14. The van der Waals surface area contributed by atoms with E-state index in [-0.39, 0.29) is 45.5 Å². The number of nitrogens with one attached hydrogen (secondary N) is 1. The maximum atomic E-state index is 13.6. The van der Waals surface area contributed by atoms with E-state index in [9.17, 15) is 19.5 Å². The number of hydrogen-bond acceptors (Lipinski definition) is 4. The molecular formula is C37H59NO5. The number of carboxylic acids is 1. The highest BCUT2D eigenvalue weighted by Gasteiger charge is 2.72. The molecule has 1 amide bonds. The summed E-state index contributed by atoms with van der Waals surface area (Å²) >= 11 is 0. The molecule has 5 aliphatic rings. The summed E-state index contributed by atoms with van der Waals surface area (Å²) in [5, 5.41) is 12.6. The molecule has 0 bridgehead atoms. The molecule has 0 saturated heterocycles. The van der Waals surface area contributed by atoms with Crippen molar-refractivity contribution in [3.8, 4) is 0 Å². The third kappa shape index (κ3) is 4.48. The van der Waals surface area contributed by atoms with Gasteiger partial charge in [-0.15, -0.1) is 0 Å². The summed E-state index contributed by atoms with van der Waals surface area (Å²) in [7, 11) is 1.82. The van der Waals surface area contributed by atoms with Gasteiger partial charge in [0.1, 0.15) is 6.10 Å². The van der Waals surface area contributed by atoms with Gasteiger partial charge in [0.2, 0.25) is 5.91 Å². The Labute approximate surface area is 260 Å². The molecular weight excluding hydrogens is 538 g/mol. The summed E-state index contributed by atoms with van der Waals surface area (Å²) in [6, 6.07) is 0. The summed E-state index contributed by atoms with van der Waals surface area (Å²) in [6.07, 6.45) is 10.4. The van der Waals surface area contributed by atoms with Crippen molar-refractivity contribution in [2.45, 2.75) is 132 Å². The third-order valence-electron chi connectivity index (χ3n) is 15.1. The lowest BCUT2D eigenvalue weighted by molar-refractivity contribution is -0.249. The lowest BCUT2D eigenvalue weighted by atomic mass is 9.32. The molecule has 0 aliphatic heterocycles. The van der Waals surface area contributed by atoms with Gasteiger partial charge in [-0.2, -0.15) is 0 Å². The van der Waals surface area contributed by atoms with Gasteiger partial charge >= 0.3 is 11.9 Å². The van der Waals surface area contributed by atoms with Crippen LogP contribution in [0.3, 0.4) is 0 Å². The Morgan fingerprint density at radius 1 is 0.884 bits per heavy atom. The first-order chi connectivity index (χ1) is 19.8. The minimum absolute atomic E-state index is 0.110. The van der Waals surface area contributed by atoms with E-state index < -0.39 is 17.4 Å². The third-order valence-corrected chi connectivity index (χ3v) is 15.1. The summed E-state index contributed by atoms with van der Waals surface area (Å²) in [5.74, 6) is 1.21. The highest BCUT2D eigenvalue weighted by molar-refractivity contribution is 5.83. The van der Waals surface area contributed by atoms with Crippen LogP contribution in [0.25, 0.3) is 0 Å². The predicted molar refractivity (Wildman–Crippen MR) is 169 cm³/mol. The molecule has 2 N–H and O–H groups in total. The van der Waals surface area contributed by atoms with Crippen LogP contribution >= 0.6 is 0 Å². The highest BCUT2D eigenvalue weighted by atomic mass is 16.5. The maximum absolute atomic E-state index is 13.6. The molecule has 43 heavy (non-hydrogen) atoms. The largest absolute Gasteiger partial charge is 0.481 e. The topological polar surface area (TPSA) is 92.7 Å². The Hall–Kier alpha value is -1.85. The molecule has 0 radical (unpaired) electrons. The number of carbonyl (C=O) groups is 3. The van der Waals surface area contributed by atoms with Gasteiger partial charge < -0.3 is 15.2 Å². The normalized spacial score (nSPS) is 45.0. The van der Waals surface area contributed by atoms with Gasteiger partial charge in [-0.3, -0.25) is 14.4 Å². The second-order valence-electron chi connectivity index (χ2n) is 17.6. The minimum Gasteiger partial charge on any atom is -0.481 e. The van der Waals surface area contributed by atoms with Crippen molar-refractivity contribution in [1.29, 1.82) is 0 Å². The van der Waals surface area contributed by atoms with E-state index in [0.717, 1.165) is 44.9 Å². The molecule has 0 heterocycles. The quantitative estimate of drug-likeness (QED) is 0.241. The Morgan fingerprint density at radius 3 is 2.16 bits per heavy atom. The summed E-state index contributed by atoms with van der Waals surface area (Å²) in [6.45, 7) is 22.1. The molecule has 5 fully saturated rings. The van der Waals surface area contributed by atoms with Crippen LogP contribution in [-0.2, 0) is 19.1 Å². The van der Waals surface area contributed by atoms with Gasteiger partial charge in [0.25, 0.3) is 0 Å². The number of ether oxygens (including phenoxy) is 1. The van der Waals surface area contributed by atoms with E-state index in [0.29, 0.717) is 29.6 Å². The van der Waals surface area contributed by atoms with Crippen LogP contribution in [0.5, 0.6) is 0 Å². The second-order valence-corrected chi connectivity index (χ2v) is 17.6. The number of amides is 1. The van der Waals surface area contributed by atoms with Crippen molar-refractivity contribution in [1.82, 2.24) is 5.32 Å². The van der Waals surface area contributed by atoms with Crippen molar-refractivity contribution >= 4 is 17.8 Å². The van der Waals surface area contributed by atoms with Crippen molar-refractivity contribution in [3.05, 3.63) is 12.2 Å². The number of aliphatic carboxylic acids is 1. The van der Waals surface area contributed by atoms with Crippen LogP contribution in [-0.4, -0.2) is 36.1 Å². The number of allylic oxidation sites excluding steroid dienone is 1. The van der Waals surface area contributed by atoms with Gasteiger partial charge in [-0.1, -0.05) is 46.8 Å². The smallest absolute Gasteiger partial charge is 0.309 e. The van der Waals surface area contributed by atoms with E-state index in [1.165, 1.54) is 24.8 Å². The van der Waals surface area contributed by atoms with Crippen LogP contribution < -0.4 is 5.32 Å². The first kappa shape index (κ1) is 32.5. The number of carbonyl (C=O) groups excluding carboxylic acids is 2. The molecule has 5 rings (SSSR count). The summed E-state index contributed by atoms with van der Waals surface area (Å²) in [4.78, 5) is 38.2. The fraction of sp³-hybridized carbons (Fsp3) is 0.865. The number of hydrogen-bond donors (Lipinski definition) is 2. The van der Waals surface area contributed by atoms with E-state index >= 15 is 0 Å². The monoisotopic (exact) mass is 597 g/mol. The van der Waals surface area contributed by atoms with Gasteiger partial charge in [0.15, 0.2) is 0 Å². The van der Waals surface area contributed by atoms with Crippen LogP contribution in [0.4, 0.5) is 0 Å². The molecule has 0 aromatic heterocycles. The molecule has 0 aromatic rings. The molecule has 5 aliphatic carbocycles. The van der Waals surface area contributed by atoms with Gasteiger partial charge in [0, 0.05) is 12.5 Å². The van der Waals surface area contributed by atoms with E-state index in [2.05, 4.69) is 53.4 Å². The van der Waals surface area contributed by atoms with Crippen LogP contribution in [0.1, 0.15) is 126 Å². The maximum Gasteiger partial charge on any atom is 0.309 e. The summed E-state index contributed by atoms with van der Waals surface area (Å²) < 4.78 is 6.13. The fourth-order valence-corrected chi connectivity index (χ4v) is 12.6. The first-order valence-corrected chi connectivity index (χ1v) is 17.1. The first-order valence-electron chi connectivity index (χ1n) is 17.1. The zero-order valence-electron chi connectivity index (χ0n) is 28.5. The summed E-state index contributed by atoms with van der Waals surface area (Å²) in [5.41, 5.74) is 0.168. The molecule has 5 saturated carbocycles. The van der Waals surface area contributed by atoms with Crippen molar-refractivity contribution in [2.24, 2.45) is 62.1 Å². The van der Waals surface area contributed by atoms with Crippen molar-refractivity contribution in [3.63, 3.8) is 0 Å². The van der Waals surface area contributed by atoms with E-state index in [1.807, 2.05) is 7.05 Å². The van der Waals surface area contributed by atoms with Gasteiger partial charge in [-0.25, -0.2) is 0 Å². The Balaban J connectivity index is 1.43. The highest BCUT2D eigenvalue weighted by Crippen LogP contribution is 2.77. The predicted octanol–water partition coefficient (Wildman–Crippen LogP) is 7.80. The second kappa shape index (κ2) is 10.3. The lowest BCUT2D eigenvalue weighted by Gasteiger charge is -2.72. The average Bonchev–Trinajstić information content (AvgIpc) is 3.31. The number of rotatable bonds is 6. The molecule has 6 nitrogen and oxygen atoms in total. The Bertz CT molecular complexity index is 1190. The number of esters is 1. The lowest BCUT2D eigenvalue weighted by Crippen LogP contribution is -2.67. The van der Waals surface area contributed by atoms with Gasteiger partial charge in [0.05, 0.1) is 17.3 Å². The van der Waals surface area contributed by atoms with E-state index in [1.54, 1.807) is 13.8 Å². The van der Waals surface area contributed by atoms with Gasteiger partial charge in [-0.05, 0) is 131 Å². The SMILES string of the molecule is C=C(C)[C@@H]1CC[C@]2(C(=O)NC)CC[C@]3(C)C(CCC4[C@@]5(C)CC[C@H](OC(=O)CC(C)(C)C(=O)O)C(C)(C)C5CC[C@]43C)C12.